The Bertz CT molecular complexity index is 394. The van der Waals surface area contributed by atoms with Crippen LogP contribution in [0.1, 0.15) is 13.8 Å². The zero-order valence-corrected chi connectivity index (χ0v) is 9.61. The van der Waals surface area contributed by atoms with Crippen LogP contribution < -0.4 is 4.90 Å². The lowest BCUT2D eigenvalue weighted by Gasteiger charge is -2.21. The van der Waals surface area contributed by atoms with Gasteiger partial charge in [-0.2, -0.15) is 0 Å². The van der Waals surface area contributed by atoms with Crippen LogP contribution in [0.5, 0.6) is 0 Å². The highest BCUT2D eigenvalue weighted by Gasteiger charge is 2.13. The second-order valence-electron chi connectivity index (χ2n) is 4.17. The van der Waals surface area contributed by atoms with Gasteiger partial charge in [0.2, 0.25) is 0 Å². The maximum absolute atomic E-state index is 13.6. The molecular weight excluding hydrogens is 211 g/mol. The Morgan fingerprint density at radius 1 is 1.50 bits per heavy atom. The van der Waals surface area contributed by atoms with Gasteiger partial charge < -0.3 is 4.90 Å². The molecule has 0 aliphatic rings. The summed E-state index contributed by atoms with van der Waals surface area (Å²) in [4.78, 5) is 11.6. The molecule has 1 aromatic carbocycles. The summed E-state index contributed by atoms with van der Waals surface area (Å²) in [7, 11) is 1.77. The van der Waals surface area contributed by atoms with E-state index in [1.54, 1.807) is 11.9 Å². The van der Waals surface area contributed by atoms with Crippen molar-refractivity contribution in [3.63, 3.8) is 0 Å². The minimum atomic E-state index is -0.602. The van der Waals surface area contributed by atoms with Gasteiger partial charge in [-0.05, 0) is 12.0 Å². The van der Waals surface area contributed by atoms with Crippen molar-refractivity contribution in [2.24, 2.45) is 5.92 Å². The van der Waals surface area contributed by atoms with Gasteiger partial charge in [-0.3, -0.25) is 10.1 Å². The molecular formula is C11H15FN2O2. The van der Waals surface area contributed by atoms with E-state index in [0.29, 0.717) is 18.2 Å². The highest BCUT2D eigenvalue weighted by atomic mass is 19.1. The fraction of sp³-hybridized carbons (Fsp3) is 0.455. The van der Waals surface area contributed by atoms with Crippen LogP contribution in [0.2, 0.25) is 0 Å². The summed E-state index contributed by atoms with van der Waals surface area (Å²) in [6, 6.07) is 3.71. The normalized spacial score (nSPS) is 10.6. The molecule has 4 nitrogen and oxygen atoms in total. The van der Waals surface area contributed by atoms with E-state index in [4.69, 9.17) is 0 Å². The second-order valence-corrected chi connectivity index (χ2v) is 4.17. The smallest absolute Gasteiger partial charge is 0.272 e. The standard InChI is InChI=1S/C11H15FN2O2/c1-8(2)7-13(3)11-5-4-9(14(15)16)6-10(11)12/h4-6,8H,7H2,1-3H3. The Kier molecular flexibility index (Phi) is 3.82. The zero-order chi connectivity index (χ0) is 12.3. The van der Waals surface area contributed by atoms with E-state index in [1.807, 2.05) is 13.8 Å². The Morgan fingerprint density at radius 2 is 2.12 bits per heavy atom. The molecule has 0 amide bonds. The largest absolute Gasteiger partial charge is 0.372 e. The monoisotopic (exact) mass is 226 g/mol. The SMILES string of the molecule is CC(C)CN(C)c1ccc([N+](=O)[O-])cc1F. The number of rotatable bonds is 4. The van der Waals surface area contributed by atoms with Gasteiger partial charge in [-0.15, -0.1) is 0 Å². The number of nitrogens with zero attached hydrogens (tertiary/aromatic N) is 2. The molecule has 0 saturated heterocycles. The maximum Gasteiger partial charge on any atom is 0.272 e. The van der Waals surface area contributed by atoms with Crippen molar-refractivity contribution in [1.29, 1.82) is 0 Å². The van der Waals surface area contributed by atoms with Gasteiger partial charge in [0.15, 0.2) is 5.82 Å². The number of hydrogen-bond donors (Lipinski definition) is 0. The molecule has 0 unspecified atom stereocenters. The van der Waals surface area contributed by atoms with Crippen LogP contribution in [-0.2, 0) is 0 Å². The summed E-state index contributed by atoms with van der Waals surface area (Å²) in [6.45, 7) is 4.76. The van der Waals surface area contributed by atoms with Gasteiger partial charge in [0.05, 0.1) is 16.7 Å². The van der Waals surface area contributed by atoms with Gasteiger partial charge in [0.25, 0.3) is 5.69 Å². The van der Waals surface area contributed by atoms with Crippen LogP contribution >= 0.6 is 0 Å². The van der Waals surface area contributed by atoms with E-state index < -0.39 is 10.7 Å². The number of nitro benzene ring substituents is 1. The third-order valence-electron chi connectivity index (χ3n) is 2.19. The molecule has 0 heterocycles. The minimum absolute atomic E-state index is 0.223. The molecule has 0 aromatic heterocycles. The Morgan fingerprint density at radius 3 is 2.56 bits per heavy atom. The van der Waals surface area contributed by atoms with Crippen LogP contribution in [0.3, 0.4) is 0 Å². The number of halogens is 1. The molecule has 0 N–H and O–H groups in total. The first-order chi connectivity index (χ1) is 7.41. The quantitative estimate of drug-likeness (QED) is 0.585. The van der Waals surface area contributed by atoms with Gasteiger partial charge in [0.1, 0.15) is 0 Å². The van der Waals surface area contributed by atoms with Crippen molar-refractivity contribution < 1.29 is 9.31 Å². The van der Waals surface area contributed by atoms with Crippen molar-refractivity contribution in [3.8, 4) is 0 Å². The molecule has 0 bridgehead atoms. The predicted molar refractivity (Wildman–Crippen MR) is 61.2 cm³/mol. The van der Waals surface area contributed by atoms with Crippen LogP contribution in [0.15, 0.2) is 18.2 Å². The highest BCUT2D eigenvalue weighted by Crippen LogP contribution is 2.23. The lowest BCUT2D eigenvalue weighted by molar-refractivity contribution is -0.385. The van der Waals surface area contributed by atoms with Crippen molar-refractivity contribution in [3.05, 3.63) is 34.1 Å². The van der Waals surface area contributed by atoms with Gasteiger partial charge in [0, 0.05) is 19.7 Å². The first-order valence-electron chi connectivity index (χ1n) is 5.07. The first kappa shape index (κ1) is 12.4. The van der Waals surface area contributed by atoms with E-state index >= 15 is 0 Å². The van der Waals surface area contributed by atoms with Crippen molar-refractivity contribution in [2.75, 3.05) is 18.5 Å². The van der Waals surface area contributed by atoms with Crippen LogP contribution in [0.4, 0.5) is 15.8 Å². The summed E-state index contributed by atoms with van der Waals surface area (Å²) in [6.07, 6.45) is 0. The van der Waals surface area contributed by atoms with Crippen molar-refractivity contribution >= 4 is 11.4 Å². The van der Waals surface area contributed by atoms with Crippen LogP contribution in [0, 0.1) is 21.8 Å². The number of non-ortho nitro benzene ring substituents is 1. The number of benzene rings is 1. The maximum atomic E-state index is 13.6. The molecule has 0 saturated carbocycles. The molecule has 88 valence electrons. The average molecular weight is 226 g/mol. The Hall–Kier alpha value is -1.65. The highest BCUT2D eigenvalue weighted by molar-refractivity contribution is 5.51. The molecule has 0 radical (unpaired) electrons. The zero-order valence-electron chi connectivity index (χ0n) is 9.61. The van der Waals surface area contributed by atoms with E-state index in [0.717, 1.165) is 6.07 Å². The molecule has 0 fully saturated rings. The number of hydrogen-bond acceptors (Lipinski definition) is 3. The summed E-state index contributed by atoms with van der Waals surface area (Å²) in [5.41, 5.74) is 0.165. The van der Waals surface area contributed by atoms with Crippen molar-refractivity contribution in [1.82, 2.24) is 0 Å². The minimum Gasteiger partial charge on any atom is -0.372 e. The van der Waals surface area contributed by atoms with E-state index in [9.17, 15) is 14.5 Å². The van der Waals surface area contributed by atoms with Crippen LogP contribution in [0.25, 0.3) is 0 Å². The van der Waals surface area contributed by atoms with Gasteiger partial charge in [-0.25, -0.2) is 4.39 Å². The molecule has 0 aliphatic heterocycles. The third-order valence-corrected chi connectivity index (χ3v) is 2.19. The molecule has 0 aliphatic carbocycles. The Labute approximate surface area is 93.8 Å². The van der Waals surface area contributed by atoms with Crippen molar-refractivity contribution in [2.45, 2.75) is 13.8 Å². The number of nitro groups is 1. The molecule has 1 rings (SSSR count). The first-order valence-corrected chi connectivity index (χ1v) is 5.07. The second kappa shape index (κ2) is 4.92. The predicted octanol–water partition coefficient (Wildman–Crippen LogP) is 2.83. The molecule has 0 atom stereocenters. The lowest BCUT2D eigenvalue weighted by atomic mass is 10.2. The van der Waals surface area contributed by atoms with Gasteiger partial charge in [-0.1, -0.05) is 13.8 Å². The molecule has 0 spiro atoms. The molecule has 1 aromatic rings. The van der Waals surface area contributed by atoms with E-state index in [1.165, 1.54) is 12.1 Å². The van der Waals surface area contributed by atoms with Gasteiger partial charge >= 0.3 is 0 Å². The number of anilines is 1. The topological polar surface area (TPSA) is 46.4 Å². The molecule has 16 heavy (non-hydrogen) atoms. The summed E-state index contributed by atoms with van der Waals surface area (Å²) in [5.74, 6) is -0.156. The summed E-state index contributed by atoms with van der Waals surface area (Å²) in [5, 5.41) is 10.4. The molecule has 5 heteroatoms. The van der Waals surface area contributed by atoms with Crippen LogP contribution in [-0.4, -0.2) is 18.5 Å². The third kappa shape index (κ3) is 2.92. The fourth-order valence-corrected chi connectivity index (χ4v) is 1.57. The Balaban J connectivity index is 2.94. The average Bonchev–Trinajstić information content (AvgIpc) is 2.15. The fourth-order valence-electron chi connectivity index (χ4n) is 1.57. The summed E-state index contributed by atoms with van der Waals surface area (Å²) >= 11 is 0. The lowest BCUT2D eigenvalue weighted by Crippen LogP contribution is -2.23. The van der Waals surface area contributed by atoms with E-state index in [2.05, 4.69) is 0 Å². The van der Waals surface area contributed by atoms with E-state index in [-0.39, 0.29) is 5.69 Å². The summed E-state index contributed by atoms with van der Waals surface area (Å²) < 4.78 is 13.6.